The number of aromatic hydroxyl groups is 1. The van der Waals surface area contributed by atoms with E-state index in [9.17, 15) is 19.5 Å². The number of phenolic OH excluding ortho intramolecular Hbond substituents is 1. The van der Waals surface area contributed by atoms with Gasteiger partial charge in [0.1, 0.15) is 0 Å². The highest BCUT2D eigenvalue weighted by Gasteiger charge is 2.31. The molecule has 0 atom stereocenters. The highest BCUT2D eigenvalue weighted by molar-refractivity contribution is 5.95. The molecular weight excluding hydrogens is 500 g/mol. The number of aromatic nitrogens is 1. The van der Waals surface area contributed by atoms with Gasteiger partial charge in [-0.2, -0.15) is 0 Å². The van der Waals surface area contributed by atoms with Crippen LogP contribution in [0.25, 0.3) is 0 Å². The second kappa shape index (κ2) is 12.8. The number of nitrogens with zero attached hydrogens (tertiary/aromatic N) is 4. The fourth-order valence-electron chi connectivity index (χ4n) is 5.17. The molecule has 2 fully saturated rings. The minimum Gasteiger partial charge on any atom is -0.504 e. The smallest absolute Gasteiger partial charge is 0.409 e. The Morgan fingerprint density at radius 2 is 1.62 bits per heavy atom. The molecule has 3 heterocycles. The zero-order chi connectivity index (χ0) is 27.9. The van der Waals surface area contributed by atoms with Gasteiger partial charge in [0, 0.05) is 50.9 Å². The molecule has 10 nitrogen and oxygen atoms in total. The quantitative estimate of drug-likeness (QED) is 0.575. The van der Waals surface area contributed by atoms with E-state index in [0.717, 1.165) is 29.8 Å². The number of rotatable bonds is 7. The van der Waals surface area contributed by atoms with Gasteiger partial charge in [0.25, 0.3) is 5.91 Å². The van der Waals surface area contributed by atoms with Crippen molar-refractivity contribution in [2.24, 2.45) is 0 Å². The summed E-state index contributed by atoms with van der Waals surface area (Å²) in [6, 6.07) is 8.72. The maximum absolute atomic E-state index is 13.5. The molecule has 2 aliphatic rings. The van der Waals surface area contributed by atoms with E-state index in [1.165, 1.54) is 0 Å². The maximum Gasteiger partial charge on any atom is 0.409 e. The van der Waals surface area contributed by atoms with E-state index in [0.29, 0.717) is 63.8 Å². The van der Waals surface area contributed by atoms with Gasteiger partial charge in [0.2, 0.25) is 5.91 Å². The lowest BCUT2D eigenvalue weighted by molar-refractivity contribution is -0.131. The number of benzene rings is 1. The maximum atomic E-state index is 13.5. The Balaban J connectivity index is 1.38. The van der Waals surface area contributed by atoms with Crippen LogP contribution < -0.4 is 4.74 Å². The second-order valence-electron chi connectivity index (χ2n) is 9.93. The molecule has 0 radical (unpaired) electrons. The summed E-state index contributed by atoms with van der Waals surface area (Å²) in [5.41, 5.74) is 3.03. The number of likely N-dealkylation sites (tertiary alicyclic amines) is 1. The molecule has 3 amide bonds. The van der Waals surface area contributed by atoms with E-state index in [2.05, 4.69) is 0 Å². The number of pyridine rings is 1. The topological polar surface area (TPSA) is 113 Å². The third-order valence-electron chi connectivity index (χ3n) is 7.30. The van der Waals surface area contributed by atoms with E-state index < -0.39 is 0 Å². The molecule has 2 aromatic rings. The Bertz CT molecular complexity index is 1190. The zero-order valence-electron chi connectivity index (χ0n) is 23.0. The molecular formula is C29H38N4O6. The van der Waals surface area contributed by atoms with Crippen molar-refractivity contribution >= 4 is 17.9 Å². The Kier molecular flexibility index (Phi) is 9.27. The predicted octanol–water partition coefficient (Wildman–Crippen LogP) is 3.36. The number of piperazine rings is 1. The van der Waals surface area contributed by atoms with Gasteiger partial charge < -0.3 is 29.3 Å². The van der Waals surface area contributed by atoms with Crippen LogP contribution >= 0.6 is 0 Å². The van der Waals surface area contributed by atoms with E-state index >= 15 is 0 Å². The van der Waals surface area contributed by atoms with E-state index in [-0.39, 0.29) is 36.0 Å². The van der Waals surface area contributed by atoms with E-state index in [4.69, 9.17) is 14.5 Å². The fraction of sp³-hybridized carbons (Fsp3) is 0.517. The van der Waals surface area contributed by atoms with Crippen molar-refractivity contribution in [2.75, 3.05) is 52.5 Å². The third-order valence-corrected chi connectivity index (χ3v) is 7.30. The number of hydrogen-bond donors (Lipinski definition) is 1. The number of hydrogen-bond acceptors (Lipinski definition) is 7. The summed E-state index contributed by atoms with van der Waals surface area (Å²) in [6.07, 6.45) is 1.33. The first-order chi connectivity index (χ1) is 18.8. The van der Waals surface area contributed by atoms with Gasteiger partial charge >= 0.3 is 6.09 Å². The van der Waals surface area contributed by atoms with Crippen LogP contribution in [-0.2, 0) is 16.0 Å². The van der Waals surface area contributed by atoms with Crippen LogP contribution in [0.1, 0.15) is 59.9 Å². The molecule has 0 bridgehead atoms. The minimum absolute atomic E-state index is 0.0227. The van der Waals surface area contributed by atoms with Gasteiger partial charge in [-0.3, -0.25) is 14.6 Å². The number of carbonyl (C=O) groups is 3. The van der Waals surface area contributed by atoms with Crippen molar-refractivity contribution in [2.45, 2.75) is 46.0 Å². The molecule has 0 aliphatic carbocycles. The Morgan fingerprint density at radius 3 is 2.28 bits per heavy atom. The lowest BCUT2D eigenvalue weighted by atomic mass is 9.89. The first-order valence-electron chi connectivity index (χ1n) is 13.7. The molecule has 4 rings (SSSR count). The van der Waals surface area contributed by atoms with Crippen LogP contribution in [0.3, 0.4) is 0 Å². The number of piperidine rings is 1. The number of carbonyl (C=O) groups excluding carboxylic acids is 3. The van der Waals surface area contributed by atoms with Crippen LogP contribution in [0.4, 0.5) is 4.79 Å². The van der Waals surface area contributed by atoms with Crippen molar-refractivity contribution < 1.29 is 29.0 Å². The highest BCUT2D eigenvalue weighted by Crippen LogP contribution is 2.31. The number of amides is 3. The molecule has 0 unspecified atom stereocenters. The lowest BCUT2D eigenvalue weighted by Gasteiger charge is -2.35. The van der Waals surface area contributed by atoms with Crippen molar-refractivity contribution in [1.82, 2.24) is 19.7 Å². The van der Waals surface area contributed by atoms with Crippen molar-refractivity contribution in [3.05, 3.63) is 52.8 Å². The summed E-state index contributed by atoms with van der Waals surface area (Å²) in [5.74, 6) is 0.468. The van der Waals surface area contributed by atoms with Crippen LogP contribution in [-0.4, -0.2) is 95.2 Å². The average Bonchev–Trinajstić information content (AvgIpc) is 2.95. The molecule has 39 heavy (non-hydrogen) atoms. The van der Waals surface area contributed by atoms with Gasteiger partial charge in [0.05, 0.1) is 30.9 Å². The number of ether oxygens (including phenoxy) is 2. The van der Waals surface area contributed by atoms with Gasteiger partial charge in [-0.15, -0.1) is 0 Å². The molecule has 0 spiro atoms. The first-order valence-corrected chi connectivity index (χ1v) is 13.7. The van der Waals surface area contributed by atoms with Gasteiger partial charge in [-0.25, -0.2) is 4.79 Å². The molecule has 2 saturated heterocycles. The number of aryl methyl sites for hydroxylation is 1. The van der Waals surface area contributed by atoms with Crippen molar-refractivity contribution in [3.8, 4) is 11.5 Å². The highest BCUT2D eigenvalue weighted by atomic mass is 16.6. The second-order valence-corrected chi connectivity index (χ2v) is 9.93. The summed E-state index contributed by atoms with van der Waals surface area (Å²) in [7, 11) is 0. The Morgan fingerprint density at radius 1 is 0.923 bits per heavy atom. The van der Waals surface area contributed by atoms with Crippen LogP contribution in [0.15, 0.2) is 30.3 Å². The Labute approximate surface area is 229 Å². The molecule has 1 N–H and O–H groups in total. The SMILES string of the molecule is CCOC(=O)N1CCN(C(=O)c2ccc(C)nc2C2CCN(C(=O)Cc3ccc(O)c(OCC)c3)CC2)CC1. The summed E-state index contributed by atoms with van der Waals surface area (Å²) in [6.45, 7) is 9.23. The largest absolute Gasteiger partial charge is 0.504 e. The van der Waals surface area contributed by atoms with Gasteiger partial charge in [0.15, 0.2) is 11.5 Å². The summed E-state index contributed by atoms with van der Waals surface area (Å²) >= 11 is 0. The summed E-state index contributed by atoms with van der Waals surface area (Å²) in [5, 5.41) is 9.93. The summed E-state index contributed by atoms with van der Waals surface area (Å²) in [4.78, 5) is 48.6. The number of phenols is 1. The monoisotopic (exact) mass is 538 g/mol. The molecule has 1 aromatic heterocycles. The van der Waals surface area contributed by atoms with E-state index in [1.54, 1.807) is 34.9 Å². The van der Waals surface area contributed by atoms with Crippen LogP contribution in [0, 0.1) is 6.92 Å². The van der Waals surface area contributed by atoms with Gasteiger partial charge in [-0.05, 0) is 63.4 Å². The zero-order valence-corrected chi connectivity index (χ0v) is 23.0. The Hall–Kier alpha value is -3.82. The average molecular weight is 539 g/mol. The van der Waals surface area contributed by atoms with Gasteiger partial charge in [-0.1, -0.05) is 6.07 Å². The molecule has 2 aliphatic heterocycles. The lowest BCUT2D eigenvalue weighted by Crippen LogP contribution is -2.51. The molecule has 10 heteroatoms. The minimum atomic E-state index is -0.344. The molecule has 0 saturated carbocycles. The standard InChI is InChI=1S/C29H38N4O6/c1-4-38-25-18-21(7-9-24(25)34)19-26(35)31-12-10-22(11-13-31)27-23(8-6-20(3)30-27)28(36)32-14-16-33(17-15-32)29(37)39-5-2/h6-9,18,22,34H,4-5,10-17,19H2,1-3H3. The predicted molar refractivity (Wildman–Crippen MR) is 145 cm³/mol. The summed E-state index contributed by atoms with van der Waals surface area (Å²) < 4.78 is 10.5. The first kappa shape index (κ1) is 28.2. The molecule has 1 aromatic carbocycles. The van der Waals surface area contributed by atoms with Crippen LogP contribution in [0.5, 0.6) is 11.5 Å². The van der Waals surface area contributed by atoms with Crippen molar-refractivity contribution in [3.63, 3.8) is 0 Å². The molecule has 210 valence electrons. The van der Waals surface area contributed by atoms with Crippen LogP contribution in [0.2, 0.25) is 0 Å². The van der Waals surface area contributed by atoms with Crippen molar-refractivity contribution in [1.29, 1.82) is 0 Å². The fourth-order valence-corrected chi connectivity index (χ4v) is 5.17. The normalized spacial score (nSPS) is 16.2. The third kappa shape index (κ3) is 6.79. The van der Waals surface area contributed by atoms with E-state index in [1.807, 2.05) is 30.9 Å².